The molecular formula is C32H35N3O2. The highest BCUT2D eigenvalue weighted by Crippen LogP contribution is 2.10. The fourth-order valence-corrected chi connectivity index (χ4v) is 4.00. The van der Waals surface area contributed by atoms with Crippen LogP contribution in [0, 0.1) is 0 Å². The van der Waals surface area contributed by atoms with Crippen molar-refractivity contribution in [2.45, 2.75) is 25.0 Å². The Balaban J connectivity index is 1.82. The normalized spacial score (nSPS) is 12.6. The fourth-order valence-electron chi connectivity index (χ4n) is 4.00. The quantitative estimate of drug-likeness (QED) is 0.318. The van der Waals surface area contributed by atoms with Crippen LogP contribution < -0.4 is 10.6 Å². The summed E-state index contributed by atoms with van der Waals surface area (Å²) in [6.45, 7) is 9.06. The third-order valence-electron chi connectivity index (χ3n) is 5.88. The van der Waals surface area contributed by atoms with E-state index in [-0.39, 0.29) is 11.8 Å². The van der Waals surface area contributed by atoms with Crippen LogP contribution in [-0.2, 0) is 22.6 Å². The number of hydrogen-bond acceptors (Lipinski definition) is 3. The minimum Gasteiger partial charge on any atom is -0.350 e. The zero-order valence-corrected chi connectivity index (χ0v) is 21.1. The third kappa shape index (κ3) is 9.06. The number of rotatable bonds is 14. The number of hydrogen-bond donors (Lipinski definition) is 2. The van der Waals surface area contributed by atoms with Crippen molar-refractivity contribution in [3.05, 3.63) is 139 Å². The highest BCUT2D eigenvalue weighted by Gasteiger charge is 2.27. The van der Waals surface area contributed by atoms with Gasteiger partial charge >= 0.3 is 0 Å². The van der Waals surface area contributed by atoms with Crippen LogP contribution in [-0.4, -0.2) is 41.9 Å². The second-order valence-corrected chi connectivity index (χ2v) is 8.70. The maximum Gasteiger partial charge on any atom is 0.243 e. The van der Waals surface area contributed by atoms with Gasteiger partial charge < -0.3 is 10.6 Å². The lowest BCUT2D eigenvalue weighted by atomic mass is 10.0. The molecule has 0 bridgehead atoms. The van der Waals surface area contributed by atoms with E-state index in [1.54, 1.807) is 12.2 Å². The topological polar surface area (TPSA) is 61.4 Å². The molecular weight excluding hydrogens is 458 g/mol. The summed E-state index contributed by atoms with van der Waals surface area (Å²) in [5.74, 6) is -0.488. The predicted octanol–water partition coefficient (Wildman–Crippen LogP) is 4.79. The Morgan fingerprint density at radius 2 is 1.30 bits per heavy atom. The van der Waals surface area contributed by atoms with Crippen molar-refractivity contribution >= 4 is 17.9 Å². The van der Waals surface area contributed by atoms with Crippen LogP contribution in [0.2, 0.25) is 0 Å². The Bertz CT molecular complexity index is 1150. The lowest BCUT2D eigenvalue weighted by molar-refractivity contribution is -0.130. The van der Waals surface area contributed by atoms with Gasteiger partial charge in [0.15, 0.2) is 0 Å². The average molecular weight is 494 g/mol. The molecule has 0 saturated heterocycles. The van der Waals surface area contributed by atoms with Crippen molar-refractivity contribution in [3.8, 4) is 0 Å². The van der Waals surface area contributed by atoms with Gasteiger partial charge in [0.05, 0.1) is 0 Å². The summed E-state index contributed by atoms with van der Waals surface area (Å²) in [5.41, 5.74) is 2.94. The largest absolute Gasteiger partial charge is 0.350 e. The van der Waals surface area contributed by atoms with Gasteiger partial charge in [0.2, 0.25) is 11.8 Å². The van der Waals surface area contributed by atoms with Gasteiger partial charge in [-0.05, 0) is 16.7 Å². The zero-order chi connectivity index (χ0) is 26.3. The minimum absolute atomic E-state index is 0.231. The van der Waals surface area contributed by atoms with Gasteiger partial charge in [-0.3, -0.25) is 14.5 Å². The number of carbonyl (C=O) groups excluding carboxylic acids is 2. The van der Waals surface area contributed by atoms with E-state index in [9.17, 15) is 9.59 Å². The molecule has 2 amide bonds. The van der Waals surface area contributed by atoms with Crippen LogP contribution in [0.1, 0.15) is 16.7 Å². The maximum absolute atomic E-state index is 13.7. The highest BCUT2D eigenvalue weighted by atomic mass is 16.2. The van der Waals surface area contributed by atoms with E-state index in [0.717, 1.165) is 16.7 Å². The SMILES string of the molecule is C=CCN(CC=C)C(/C=C/c1ccccc1)C(=O)NC(Cc1ccccc1)C(=O)NCc1ccccc1. The Kier molecular flexibility index (Phi) is 11.1. The maximum atomic E-state index is 13.7. The molecule has 0 aliphatic rings. The second kappa shape index (κ2) is 15.0. The van der Waals surface area contributed by atoms with Crippen LogP contribution >= 0.6 is 0 Å². The van der Waals surface area contributed by atoms with E-state index in [1.807, 2.05) is 108 Å². The molecule has 5 heteroatoms. The molecule has 0 spiro atoms. The van der Waals surface area contributed by atoms with Gasteiger partial charge in [-0.1, -0.05) is 115 Å². The molecule has 3 rings (SSSR count). The standard InChI is InChI=1S/C32H35N3O2/c1-3-22-35(23-4-2)30(21-20-26-14-8-5-9-15-26)32(37)34-29(24-27-16-10-6-11-17-27)31(36)33-25-28-18-12-7-13-19-28/h3-21,29-30H,1-2,22-25H2,(H,33,36)(H,34,37)/b21-20+. The minimum atomic E-state index is -0.736. The molecule has 0 radical (unpaired) electrons. The van der Waals surface area contributed by atoms with Crippen LogP contribution in [0.15, 0.2) is 122 Å². The summed E-state index contributed by atoms with van der Waals surface area (Å²) in [6.07, 6.45) is 7.68. The van der Waals surface area contributed by atoms with Crippen molar-refractivity contribution in [2.24, 2.45) is 0 Å². The fraction of sp³-hybridized carbons (Fsp3) is 0.188. The van der Waals surface area contributed by atoms with Gasteiger partial charge in [-0.15, -0.1) is 13.2 Å². The molecule has 0 fully saturated rings. The molecule has 3 aromatic rings. The summed E-state index contributed by atoms with van der Waals surface area (Å²) in [7, 11) is 0. The smallest absolute Gasteiger partial charge is 0.243 e. The molecule has 190 valence electrons. The Morgan fingerprint density at radius 3 is 1.86 bits per heavy atom. The average Bonchev–Trinajstić information content (AvgIpc) is 2.93. The number of nitrogens with one attached hydrogen (secondary N) is 2. The van der Waals surface area contributed by atoms with Crippen molar-refractivity contribution < 1.29 is 9.59 Å². The first-order valence-corrected chi connectivity index (χ1v) is 12.5. The van der Waals surface area contributed by atoms with Crippen LogP contribution in [0.5, 0.6) is 0 Å². The Morgan fingerprint density at radius 1 is 0.757 bits per heavy atom. The Hall–Kier alpha value is -4.22. The molecule has 0 aliphatic heterocycles. The van der Waals surface area contributed by atoms with Gasteiger partial charge in [-0.2, -0.15) is 0 Å². The lowest BCUT2D eigenvalue weighted by Gasteiger charge is -2.28. The molecule has 2 atom stereocenters. The first-order valence-electron chi connectivity index (χ1n) is 12.5. The van der Waals surface area contributed by atoms with Gasteiger partial charge in [0, 0.05) is 26.1 Å². The van der Waals surface area contributed by atoms with Crippen molar-refractivity contribution in [3.63, 3.8) is 0 Å². The van der Waals surface area contributed by atoms with E-state index in [0.29, 0.717) is 26.1 Å². The van der Waals surface area contributed by atoms with Crippen molar-refractivity contribution in [1.29, 1.82) is 0 Å². The summed E-state index contributed by atoms with van der Waals surface area (Å²) < 4.78 is 0. The summed E-state index contributed by atoms with van der Waals surface area (Å²) in [5, 5.41) is 6.01. The van der Waals surface area contributed by atoms with E-state index in [4.69, 9.17) is 0 Å². The third-order valence-corrected chi connectivity index (χ3v) is 5.88. The number of amides is 2. The second-order valence-electron chi connectivity index (χ2n) is 8.70. The number of carbonyl (C=O) groups is 2. The molecule has 3 aromatic carbocycles. The van der Waals surface area contributed by atoms with E-state index < -0.39 is 12.1 Å². The van der Waals surface area contributed by atoms with E-state index in [1.165, 1.54) is 0 Å². The molecule has 2 N–H and O–H groups in total. The molecule has 0 aliphatic carbocycles. The molecule has 2 unspecified atom stereocenters. The summed E-state index contributed by atoms with van der Waals surface area (Å²) >= 11 is 0. The van der Waals surface area contributed by atoms with E-state index in [2.05, 4.69) is 23.8 Å². The van der Waals surface area contributed by atoms with Crippen LogP contribution in [0.3, 0.4) is 0 Å². The number of nitrogens with zero attached hydrogens (tertiary/aromatic N) is 1. The molecule has 5 nitrogen and oxygen atoms in total. The van der Waals surface area contributed by atoms with Crippen LogP contribution in [0.25, 0.3) is 6.08 Å². The van der Waals surface area contributed by atoms with Crippen LogP contribution in [0.4, 0.5) is 0 Å². The highest BCUT2D eigenvalue weighted by molar-refractivity contribution is 5.91. The lowest BCUT2D eigenvalue weighted by Crippen LogP contribution is -2.54. The summed E-state index contributed by atoms with van der Waals surface area (Å²) in [4.78, 5) is 28.9. The molecule has 37 heavy (non-hydrogen) atoms. The Labute approximate surface area is 220 Å². The first kappa shape index (κ1) is 27.4. The number of benzene rings is 3. The zero-order valence-electron chi connectivity index (χ0n) is 21.1. The predicted molar refractivity (Wildman–Crippen MR) is 152 cm³/mol. The molecule has 0 aromatic heterocycles. The molecule has 0 saturated carbocycles. The van der Waals surface area contributed by atoms with Gasteiger partial charge in [0.25, 0.3) is 0 Å². The van der Waals surface area contributed by atoms with Crippen molar-refractivity contribution in [1.82, 2.24) is 15.5 Å². The summed E-state index contributed by atoms with van der Waals surface area (Å²) in [6, 6.07) is 27.9. The monoisotopic (exact) mass is 493 g/mol. The van der Waals surface area contributed by atoms with Crippen molar-refractivity contribution in [2.75, 3.05) is 13.1 Å². The first-order chi connectivity index (χ1) is 18.1. The van der Waals surface area contributed by atoms with E-state index >= 15 is 0 Å². The molecule has 0 heterocycles. The van der Waals surface area contributed by atoms with Gasteiger partial charge in [0.1, 0.15) is 12.1 Å². The van der Waals surface area contributed by atoms with Gasteiger partial charge in [-0.25, -0.2) is 0 Å².